The van der Waals surface area contributed by atoms with Crippen LogP contribution < -0.4 is 10.8 Å². The standard InChI is InChI=1S/C17H19BN2O3/c21-17(13-5-8-14(9-6-13)18(22)23)19-11-15-10-7-12-3-1-2-4-16(12)20-15/h5-10,22-23H,1-4,11H2,(H,19,21). The first-order valence-electron chi connectivity index (χ1n) is 7.85. The number of amides is 1. The Balaban J connectivity index is 1.62. The van der Waals surface area contributed by atoms with E-state index in [9.17, 15) is 4.79 Å². The lowest BCUT2D eigenvalue weighted by Crippen LogP contribution is -2.30. The summed E-state index contributed by atoms with van der Waals surface area (Å²) in [5.41, 5.74) is 4.18. The van der Waals surface area contributed by atoms with Crippen LogP contribution in [0.1, 0.15) is 40.2 Å². The Kier molecular flexibility index (Phi) is 4.74. The Labute approximate surface area is 135 Å². The molecule has 1 heterocycles. The molecule has 6 heteroatoms. The van der Waals surface area contributed by atoms with Gasteiger partial charge in [-0.2, -0.15) is 0 Å². The molecular formula is C17H19BN2O3. The summed E-state index contributed by atoms with van der Waals surface area (Å²) in [5, 5.41) is 20.9. The van der Waals surface area contributed by atoms with Gasteiger partial charge in [0.2, 0.25) is 0 Å². The highest BCUT2D eigenvalue weighted by atomic mass is 16.4. The summed E-state index contributed by atoms with van der Waals surface area (Å²) in [5.74, 6) is -0.205. The number of nitrogens with one attached hydrogen (secondary N) is 1. The van der Waals surface area contributed by atoms with Gasteiger partial charge in [0, 0.05) is 11.3 Å². The zero-order chi connectivity index (χ0) is 16.2. The fourth-order valence-corrected chi connectivity index (χ4v) is 2.81. The molecule has 0 saturated heterocycles. The minimum atomic E-state index is -1.52. The number of hydrogen-bond donors (Lipinski definition) is 3. The van der Waals surface area contributed by atoms with Crippen molar-refractivity contribution >= 4 is 18.5 Å². The minimum Gasteiger partial charge on any atom is -0.423 e. The van der Waals surface area contributed by atoms with Gasteiger partial charge in [-0.15, -0.1) is 0 Å². The van der Waals surface area contributed by atoms with Gasteiger partial charge in [-0.05, 0) is 54.9 Å². The van der Waals surface area contributed by atoms with Crippen LogP contribution in [0.25, 0.3) is 0 Å². The average Bonchev–Trinajstić information content (AvgIpc) is 2.59. The molecule has 1 aromatic carbocycles. The maximum Gasteiger partial charge on any atom is 0.488 e. The van der Waals surface area contributed by atoms with E-state index in [-0.39, 0.29) is 5.91 Å². The average molecular weight is 310 g/mol. The van der Waals surface area contributed by atoms with Crippen LogP contribution in [0, 0.1) is 0 Å². The van der Waals surface area contributed by atoms with Crippen LogP contribution in [-0.4, -0.2) is 28.1 Å². The topological polar surface area (TPSA) is 82.5 Å². The van der Waals surface area contributed by atoms with Crippen LogP contribution in [0.5, 0.6) is 0 Å². The van der Waals surface area contributed by atoms with Crippen LogP contribution in [0.2, 0.25) is 0 Å². The van der Waals surface area contributed by atoms with Gasteiger partial charge in [0.05, 0.1) is 12.2 Å². The summed E-state index contributed by atoms with van der Waals surface area (Å²) in [6, 6.07) is 10.3. The molecule has 1 aromatic heterocycles. The predicted octanol–water partition coefficient (Wildman–Crippen LogP) is 0.570. The first-order valence-corrected chi connectivity index (χ1v) is 7.85. The molecule has 118 valence electrons. The predicted molar refractivity (Wildman–Crippen MR) is 88.3 cm³/mol. The molecule has 5 nitrogen and oxygen atoms in total. The third kappa shape index (κ3) is 3.78. The number of carbonyl (C=O) groups excluding carboxylic acids is 1. The molecule has 3 N–H and O–H groups in total. The number of rotatable bonds is 4. The summed E-state index contributed by atoms with van der Waals surface area (Å²) in [6.07, 6.45) is 4.52. The highest BCUT2D eigenvalue weighted by molar-refractivity contribution is 6.58. The van der Waals surface area contributed by atoms with Crippen molar-refractivity contribution in [3.05, 3.63) is 58.9 Å². The van der Waals surface area contributed by atoms with Gasteiger partial charge in [0.25, 0.3) is 5.91 Å². The Morgan fingerprint density at radius 3 is 2.57 bits per heavy atom. The summed E-state index contributed by atoms with van der Waals surface area (Å²) in [4.78, 5) is 16.8. The minimum absolute atomic E-state index is 0.205. The van der Waals surface area contributed by atoms with Crippen molar-refractivity contribution in [2.45, 2.75) is 32.2 Å². The van der Waals surface area contributed by atoms with E-state index in [1.165, 1.54) is 30.5 Å². The fraction of sp³-hybridized carbons (Fsp3) is 0.294. The fourth-order valence-electron chi connectivity index (χ4n) is 2.81. The Morgan fingerprint density at radius 1 is 1.09 bits per heavy atom. The van der Waals surface area contributed by atoms with Gasteiger partial charge < -0.3 is 15.4 Å². The molecule has 3 rings (SSSR count). The van der Waals surface area contributed by atoms with Crippen LogP contribution in [0.3, 0.4) is 0 Å². The lowest BCUT2D eigenvalue weighted by molar-refractivity contribution is 0.0950. The third-order valence-electron chi connectivity index (χ3n) is 4.14. The van der Waals surface area contributed by atoms with Crippen LogP contribution in [0.4, 0.5) is 0 Å². The zero-order valence-corrected chi connectivity index (χ0v) is 12.8. The molecule has 1 aliphatic rings. The molecule has 0 bridgehead atoms. The SMILES string of the molecule is O=C(NCc1ccc2c(n1)CCCC2)c1ccc(B(O)O)cc1. The molecule has 0 aliphatic heterocycles. The second kappa shape index (κ2) is 6.94. The maximum atomic E-state index is 12.1. The highest BCUT2D eigenvalue weighted by Crippen LogP contribution is 2.19. The summed E-state index contributed by atoms with van der Waals surface area (Å²) >= 11 is 0. The van der Waals surface area contributed by atoms with Gasteiger partial charge in [-0.1, -0.05) is 18.2 Å². The molecule has 23 heavy (non-hydrogen) atoms. The van der Waals surface area contributed by atoms with E-state index in [2.05, 4.69) is 16.4 Å². The Morgan fingerprint density at radius 2 is 1.83 bits per heavy atom. The molecule has 1 amide bonds. The van der Waals surface area contributed by atoms with Crippen molar-refractivity contribution in [3.63, 3.8) is 0 Å². The van der Waals surface area contributed by atoms with E-state index in [0.29, 0.717) is 17.6 Å². The number of benzene rings is 1. The highest BCUT2D eigenvalue weighted by Gasteiger charge is 2.13. The lowest BCUT2D eigenvalue weighted by atomic mass is 9.80. The number of fused-ring (bicyclic) bond motifs is 1. The van der Waals surface area contributed by atoms with Crippen molar-refractivity contribution < 1.29 is 14.8 Å². The normalized spacial score (nSPS) is 13.3. The molecule has 0 unspecified atom stereocenters. The summed E-state index contributed by atoms with van der Waals surface area (Å²) in [7, 11) is -1.52. The van der Waals surface area contributed by atoms with Gasteiger partial charge in [0.1, 0.15) is 0 Å². The summed E-state index contributed by atoms with van der Waals surface area (Å²) in [6.45, 7) is 0.385. The number of pyridine rings is 1. The Bertz CT molecular complexity index is 701. The van der Waals surface area contributed by atoms with E-state index in [1.807, 2.05) is 6.07 Å². The zero-order valence-electron chi connectivity index (χ0n) is 12.8. The van der Waals surface area contributed by atoms with E-state index in [0.717, 1.165) is 24.2 Å². The molecule has 0 fully saturated rings. The number of carbonyl (C=O) groups is 1. The number of aromatic nitrogens is 1. The molecule has 0 saturated carbocycles. The van der Waals surface area contributed by atoms with Gasteiger partial charge in [0.15, 0.2) is 0 Å². The number of nitrogens with zero attached hydrogens (tertiary/aromatic N) is 1. The van der Waals surface area contributed by atoms with Crippen LogP contribution in [-0.2, 0) is 19.4 Å². The Hall–Kier alpha value is -2.18. The van der Waals surface area contributed by atoms with Gasteiger partial charge in [-0.25, -0.2) is 0 Å². The van der Waals surface area contributed by atoms with Crippen molar-refractivity contribution in [2.24, 2.45) is 0 Å². The lowest BCUT2D eigenvalue weighted by Gasteiger charge is -2.15. The van der Waals surface area contributed by atoms with E-state index < -0.39 is 7.12 Å². The van der Waals surface area contributed by atoms with E-state index in [1.54, 1.807) is 12.1 Å². The van der Waals surface area contributed by atoms with Crippen LogP contribution in [0.15, 0.2) is 36.4 Å². The van der Waals surface area contributed by atoms with Crippen molar-refractivity contribution in [3.8, 4) is 0 Å². The number of aryl methyl sites for hydroxylation is 2. The second-order valence-electron chi connectivity index (χ2n) is 5.79. The van der Waals surface area contributed by atoms with Crippen molar-refractivity contribution in [1.29, 1.82) is 0 Å². The molecule has 1 aliphatic carbocycles. The summed E-state index contributed by atoms with van der Waals surface area (Å²) < 4.78 is 0. The van der Waals surface area contributed by atoms with Crippen molar-refractivity contribution in [1.82, 2.24) is 10.3 Å². The van der Waals surface area contributed by atoms with Gasteiger partial charge >= 0.3 is 7.12 Å². The molecule has 2 aromatic rings. The quantitative estimate of drug-likeness (QED) is 0.721. The van der Waals surface area contributed by atoms with E-state index >= 15 is 0 Å². The molecule has 0 radical (unpaired) electrons. The first kappa shape index (κ1) is 15.7. The smallest absolute Gasteiger partial charge is 0.423 e. The van der Waals surface area contributed by atoms with Crippen molar-refractivity contribution in [2.75, 3.05) is 0 Å². The van der Waals surface area contributed by atoms with Crippen LogP contribution >= 0.6 is 0 Å². The van der Waals surface area contributed by atoms with Gasteiger partial charge in [-0.3, -0.25) is 9.78 Å². The molecular weight excluding hydrogens is 291 g/mol. The van der Waals surface area contributed by atoms with E-state index in [4.69, 9.17) is 10.0 Å². The molecule has 0 atom stereocenters. The third-order valence-corrected chi connectivity index (χ3v) is 4.14. The first-order chi connectivity index (χ1) is 11.1. The second-order valence-corrected chi connectivity index (χ2v) is 5.79. The number of hydrogen-bond acceptors (Lipinski definition) is 4. The monoisotopic (exact) mass is 310 g/mol. The molecule has 0 spiro atoms. The largest absolute Gasteiger partial charge is 0.488 e. The maximum absolute atomic E-state index is 12.1.